The standard InChI is InChI=1S/C22H26N2/c1-6-11-15(4)14-22(23-5)18(7-2)21-20(22)17-13-10-9-12-16(17)19(8-3)24-21/h6-13,18,20-21,23H,2-4,14H2,1,5H3/b11-6-. The van der Waals surface area contributed by atoms with Crippen LogP contribution in [0.2, 0.25) is 0 Å². The number of nitrogens with one attached hydrogen (secondary N) is 1. The van der Waals surface area contributed by atoms with E-state index in [0.29, 0.717) is 5.92 Å². The summed E-state index contributed by atoms with van der Waals surface area (Å²) in [6, 6.07) is 8.78. The Morgan fingerprint density at radius 1 is 1.33 bits per heavy atom. The Bertz CT molecular complexity index is 740. The van der Waals surface area contributed by atoms with Gasteiger partial charge in [0.25, 0.3) is 0 Å². The van der Waals surface area contributed by atoms with E-state index < -0.39 is 0 Å². The van der Waals surface area contributed by atoms with Gasteiger partial charge in [-0.15, -0.1) is 6.58 Å². The van der Waals surface area contributed by atoms with Crippen molar-refractivity contribution in [3.63, 3.8) is 0 Å². The van der Waals surface area contributed by atoms with E-state index in [4.69, 9.17) is 4.99 Å². The smallest absolute Gasteiger partial charge is 0.0674 e. The Hall–Kier alpha value is -2.19. The van der Waals surface area contributed by atoms with Gasteiger partial charge in [0, 0.05) is 22.9 Å². The fraction of sp³-hybridized carbons (Fsp3) is 0.318. The van der Waals surface area contributed by atoms with Crippen LogP contribution in [0.4, 0.5) is 0 Å². The van der Waals surface area contributed by atoms with Crippen LogP contribution in [0.15, 0.2) is 78.9 Å². The summed E-state index contributed by atoms with van der Waals surface area (Å²) < 4.78 is 0. The van der Waals surface area contributed by atoms with Crippen LogP contribution in [0.25, 0.3) is 0 Å². The fourth-order valence-electron chi connectivity index (χ4n) is 4.57. The van der Waals surface area contributed by atoms with Gasteiger partial charge in [-0.2, -0.15) is 0 Å². The van der Waals surface area contributed by atoms with Crippen molar-refractivity contribution in [2.45, 2.75) is 30.8 Å². The molecule has 0 amide bonds. The van der Waals surface area contributed by atoms with E-state index in [2.05, 4.69) is 61.5 Å². The second kappa shape index (κ2) is 6.37. The van der Waals surface area contributed by atoms with E-state index in [-0.39, 0.29) is 17.5 Å². The highest BCUT2D eigenvalue weighted by Crippen LogP contribution is 2.57. The lowest BCUT2D eigenvalue weighted by Gasteiger charge is -2.61. The van der Waals surface area contributed by atoms with Gasteiger partial charge in [0.1, 0.15) is 0 Å². The summed E-state index contributed by atoms with van der Waals surface area (Å²) in [7, 11) is 2.05. The molecule has 0 bridgehead atoms. The molecule has 4 unspecified atom stereocenters. The van der Waals surface area contributed by atoms with Crippen LogP contribution in [0.3, 0.4) is 0 Å². The minimum Gasteiger partial charge on any atom is -0.313 e. The highest BCUT2D eigenvalue weighted by Gasteiger charge is 2.62. The number of nitrogens with zero attached hydrogens (tertiary/aromatic N) is 1. The van der Waals surface area contributed by atoms with Gasteiger partial charge in [-0.1, -0.05) is 61.2 Å². The molecule has 2 nitrogen and oxygen atoms in total. The molecule has 2 aliphatic rings. The third-order valence-electron chi connectivity index (χ3n) is 5.55. The summed E-state index contributed by atoms with van der Waals surface area (Å²) in [5, 5.41) is 3.62. The second-order valence-electron chi connectivity index (χ2n) is 6.66. The van der Waals surface area contributed by atoms with E-state index in [9.17, 15) is 0 Å². The number of benzene rings is 1. The quantitative estimate of drug-likeness (QED) is 0.609. The zero-order chi connectivity index (χ0) is 17.3. The highest BCUT2D eigenvalue weighted by molar-refractivity contribution is 6.10. The van der Waals surface area contributed by atoms with E-state index in [1.54, 1.807) is 0 Å². The van der Waals surface area contributed by atoms with Crippen molar-refractivity contribution in [2.75, 3.05) is 7.05 Å². The van der Waals surface area contributed by atoms with E-state index in [1.165, 1.54) is 11.1 Å². The lowest BCUT2D eigenvalue weighted by atomic mass is 9.49. The number of aliphatic imine (C=N–C) groups is 1. The van der Waals surface area contributed by atoms with Crippen LogP contribution in [0.1, 0.15) is 30.4 Å². The molecule has 2 heteroatoms. The number of likely N-dealkylation sites (N-methyl/N-ethyl adjacent to an activating group) is 1. The van der Waals surface area contributed by atoms with Crippen LogP contribution in [0.5, 0.6) is 0 Å². The largest absolute Gasteiger partial charge is 0.313 e. The third kappa shape index (κ3) is 2.25. The molecule has 124 valence electrons. The third-order valence-corrected chi connectivity index (χ3v) is 5.55. The van der Waals surface area contributed by atoms with Crippen LogP contribution < -0.4 is 5.32 Å². The Kier molecular flexibility index (Phi) is 4.42. The molecule has 1 fully saturated rings. The van der Waals surface area contributed by atoms with E-state index in [1.807, 2.05) is 26.1 Å². The molecule has 4 atom stereocenters. The topological polar surface area (TPSA) is 24.4 Å². The van der Waals surface area contributed by atoms with Gasteiger partial charge in [-0.25, -0.2) is 0 Å². The molecular formula is C22H26N2. The predicted molar refractivity (Wildman–Crippen MR) is 104 cm³/mol. The summed E-state index contributed by atoms with van der Waals surface area (Å²) >= 11 is 0. The zero-order valence-electron chi connectivity index (χ0n) is 14.6. The molecule has 24 heavy (non-hydrogen) atoms. The van der Waals surface area contributed by atoms with Gasteiger partial charge < -0.3 is 5.32 Å². The molecule has 1 aliphatic carbocycles. The van der Waals surface area contributed by atoms with Gasteiger partial charge in [0.2, 0.25) is 0 Å². The molecule has 1 aromatic rings. The maximum Gasteiger partial charge on any atom is 0.0674 e. The number of rotatable bonds is 6. The van der Waals surface area contributed by atoms with E-state index in [0.717, 1.165) is 17.7 Å². The Morgan fingerprint density at radius 2 is 2.08 bits per heavy atom. The van der Waals surface area contributed by atoms with Crippen LogP contribution in [-0.2, 0) is 0 Å². The Labute approximate surface area is 145 Å². The molecular weight excluding hydrogens is 292 g/mol. The first-order valence-corrected chi connectivity index (χ1v) is 8.54. The van der Waals surface area contributed by atoms with Gasteiger partial charge in [-0.05, 0) is 32.0 Å². The van der Waals surface area contributed by atoms with Crippen LogP contribution in [-0.4, -0.2) is 24.3 Å². The van der Waals surface area contributed by atoms with Crippen LogP contribution in [0, 0.1) is 5.92 Å². The van der Waals surface area contributed by atoms with Crippen molar-refractivity contribution >= 4 is 5.71 Å². The molecule has 1 heterocycles. The van der Waals surface area contributed by atoms with Gasteiger partial charge >= 0.3 is 0 Å². The van der Waals surface area contributed by atoms with Crippen molar-refractivity contribution in [1.82, 2.24) is 5.32 Å². The average molecular weight is 318 g/mol. The van der Waals surface area contributed by atoms with Crippen molar-refractivity contribution in [1.29, 1.82) is 0 Å². The molecule has 1 aromatic carbocycles. The normalized spacial score (nSPS) is 30.8. The lowest BCUT2D eigenvalue weighted by Crippen LogP contribution is -2.70. The molecule has 1 N–H and O–H groups in total. The summed E-state index contributed by atoms with van der Waals surface area (Å²) in [4.78, 5) is 5.00. The molecule has 1 aliphatic heterocycles. The summed E-state index contributed by atoms with van der Waals surface area (Å²) in [6.07, 6.45) is 8.96. The predicted octanol–water partition coefficient (Wildman–Crippen LogP) is 4.42. The molecule has 1 saturated carbocycles. The van der Waals surface area contributed by atoms with Crippen molar-refractivity contribution in [3.8, 4) is 0 Å². The maximum atomic E-state index is 5.00. The number of hydrogen-bond acceptors (Lipinski definition) is 2. The monoisotopic (exact) mass is 318 g/mol. The first-order valence-electron chi connectivity index (χ1n) is 8.54. The average Bonchev–Trinajstić information content (AvgIpc) is 2.59. The van der Waals surface area contributed by atoms with Crippen molar-refractivity contribution in [3.05, 3.63) is 85.0 Å². The fourth-order valence-corrected chi connectivity index (χ4v) is 4.57. The zero-order valence-corrected chi connectivity index (χ0v) is 14.6. The van der Waals surface area contributed by atoms with Gasteiger partial charge in [0.05, 0.1) is 11.8 Å². The molecule has 0 aromatic heterocycles. The van der Waals surface area contributed by atoms with Crippen LogP contribution >= 0.6 is 0 Å². The molecule has 0 spiro atoms. The SMILES string of the molecule is C=CC1=NC2C(C=C)C(CC(=C)/C=C\C)(NC)C2c2ccccc21. The maximum absolute atomic E-state index is 5.00. The summed E-state index contributed by atoms with van der Waals surface area (Å²) in [5.74, 6) is 0.602. The van der Waals surface area contributed by atoms with E-state index >= 15 is 0 Å². The molecule has 3 rings (SSSR count). The summed E-state index contributed by atoms with van der Waals surface area (Å²) in [6.45, 7) is 14.3. The number of fused-ring (bicyclic) bond motifs is 3. The first-order chi connectivity index (χ1) is 11.6. The minimum atomic E-state index is -0.0880. The number of hydrogen-bond donors (Lipinski definition) is 1. The van der Waals surface area contributed by atoms with Gasteiger partial charge in [-0.3, -0.25) is 4.99 Å². The highest BCUT2D eigenvalue weighted by atomic mass is 15.1. The summed E-state index contributed by atoms with van der Waals surface area (Å²) in [5.41, 5.74) is 4.60. The molecule has 0 saturated heterocycles. The molecule has 0 radical (unpaired) electrons. The van der Waals surface area contributed by atoms with Crippen molar-refractivity contribution in [2.24, 2.45) is 10.9 Å². The minimum absolute atomic E-state index is 0.0880. The Balaban J connectivity index is 2.10. The lowest BCUT2D eigenvalue weighted by molar-refractivity contribution is 0.0591. The first kappa shape index (κ1) is 16.7. The van der Waals surface area contributed by atoms with Crippen molar-refractivity contribution < 1.29 is 0 Å². The van der Waals surface area contributed by atoms with Gasteiger partial charge in [0.15, 0.2) is 0 Å². The second-order valence-corrected chi connectivity index (χ2v) is 6.66. The number of allylic oxidation sites excluding steroid dienone is 3. The Morgan fingerprint density at radius 3 is 2.71 bits per heavy atom.